The van der Waals surface area contributed by atoms with Crippen molar-refractivity contribution in [2.75, 3.05) is 13.1 Å². The summed E-state index contributed by atoms with van der Waals surface area (Å²) in [5.74, 6) is -3.42. The summed E-state index contributed by atoms with van der Waals surface area (Å²) in [7, 11) is 1.80. The van der Waals surface area contributed by atoms with E-state index in [1.807, 2.05) is 4.57 Å². The number of aromatic nitrogens is 2. The van der Waals surface area contributed by atoms with E-state index in [1.165, 1.54) is 6.07 Å². The van der Waals surface area contributed by atoms with Gasteiger partial charge in [0, 0.05) is 50.5 Å². The summed E-state index contributed by atoms with van der Waals surface area (Å²) < 4.78 is 29.9. The molecule has 1 aromatic heterocycles. The second-order valence-electron chi connectivity index (χ2n) is 9.48. The van der Waals surface area contributed by atoms with Crippen molar-refractivity contribution in [3.63, 3.8) is 0 Å². The maximum Gasteiger partial charge on any atom is 0.303 e. The monoisotopic (exact) mass is 537 g/mol. The summed E-state index contributed by atoms with van der Waals surface area (Å²) in [6.07, 6.45) is 1.55. The number of imidazole rings is 1. The zero-order valence-electron chi connectivity index (χ0n) is 20.2. The summed E-state index contributed by atoms with van der Waals surface area (Å²) in [5, 5.41) is 9.62. The molecule has 0 unspecified atom stereocenters. The molecular weight excluding hydrogens is 511 g/mol. The van der Waals surface area contributed by atoms with Crippen LogP contribution in [0.1, 0.15) is 59.1 Å². The maximum atomic E-state index is 14.0. The molecule has 0 saturated carbocycles. The minimum Gasteiger partial charge on any atom is -0.481 e. The number of nitrogens with zero attached hydrogens (tertiary/aromatic N) is 3. The lowest BCUT2D eigenvalue weighted by molar-refractivity contribution is -0.138. The van der Waals surface area contributed by atoms with Gasteiger partial charge in [0.1, 0.15) is 5.82 Å². The number of carboxylic acid groups (broad SMARTS) is 1. The third-order valence-corrected chi connectivity index (χ3v) is 7.77. The standard InChI is InChI=1S/C26H27Cl2F2N3O3/c1-14-18(26(2,29)30)5-7-20-24(14)31-21(32(20)3)13-17-19(27)6-4-16(23(17)28)25(36)33-10-8-15(9-11-33)12-22(34)35/h4-7,15H,8-13H2,1-3H3,(H,34,35). The van der Waals surface area contributed by atoms with Crippen LogP contribution in [0.4, 0.5) is 8.78 Å². The average Bonchev–Trinajstić information content (AvgIpc) is 3.12. The van der Waals surface area contributed by atoms with Crippen molar-refractivity contribution in [1.82, 2.24) is 14.5 Å². The van der Waals surface area contributed by atoms with Gasteiger partial charge in [0.25, 0.3) is 11.8 Å². The number of alkyl halides is 2. The van der Waals surface area contributed by atoms with Crippen LogP contribution in [-0.4, -0.2) is 44.5 Å². The third kappa shape index (κ3) is 5.06. The molecule has 2 aromatic carbocycles. The topological polar surface area (TPSA) is 75.4 Å². The Bertz CT molecular complexity index is 1340. The van der Waals surface area contributed by atoms with E-state index in [-0.39, 0.29) is 35.3 Å². The van der Waals surface area contributed by atoms with Gasteiger partial charge in [-0.2, -0.15) is 0 Å². The van der Waals surface area contributed by atoms with Gasteiger partial charge in [-0.3, -0.25) is 9.59 Å². The Kier molecular flexibility index (Phi) is 7.30. The molecule has 0 aliphatic carbocycles. The van der Waals surface area contributed by atoms with Crippen molar-refractivity contribution in [3.8, 4) is 0 Å². The smallest absolute Gasteiger partial charge is 0.303 e. The number of piperidine rings is 1. The van der Waals surface area contributed by atoms with E-state index >= 15 is 0 Å². The molecule has 1 aliphatic heterocycles. The summed E-state index contributed by atoms with van der Waals surface area (Å²) in [6.45, 7) is 3.41. The lowest BCUT2D eigenvalue weighted by atomic mass is 9.93. The van der Waals surface area contributed by atoms with Crippen LogP contribution in [0.15, 0.2) is 24.3 Å². The highest BCUT2D eigenvalue weighted by molar-refractivity contribution is 6.38. The Morgan fingerprint density at radius 1 is 1.17 bits per heavy atom. The highest BCUT2D eigenvalue weighted by Crippen LogP contribution is 2.35. The number of amides is 1. The van der Waals surface area contributed by atoms with Crippen molar-refractivity contribution >= 4 is 46.1 Å². The molecule has 0 atom stereocenters. The summed E-state index contributed by atoms with van der Waals surface area (Å²) >= 11 is 13.2. The van der Waals surface area contributed by atoms with E-state index < -0.39 is 11.9 Å². The van der Waals surface area contributed by atoms with Gasteiger partial charge in [0.15, 0.2) is 0 Å². The quantitative estimate of drug-likeness (QED) is 0.405. The number of rotatable bonds is 6. The first-order chi connectivity index (χ1) is 16.9. The largest absolute Gasteiger partial charge is 0.481 e. The van der Waals surface area contributed by atoms with Gasteiger partial charge >= 0.3 is 5.97 Å². The van der Waals surface area contributed by atoms with E-state index in [2.05, 4.69) is 4.98 Å². The number of hydrogen-bond acceptors (Lipinski definition) is 3. The summed E-state index contributed by atoms with van der Waals surface area (Å²) in [4.78, 5) is 30.5. The molecule has 3 aromatic rings. The zero-order chi connectivity index (χ0) is 26.4. The maximum absolute atomic E-state index is 14.0. The molecule has 0 spiro atoms. The molecule has 1 aliphatic rings. The number of carbonyl (C=O) groups excluding carboxylic acids is 1. The molecule has 2 heterocycles. The first kappa shape index (κ1) is 26.4. The summed E-state index contributed by atoms with van der Waals surface area (Å²) in [6, 6.07) is 6.26. The summed E-state index contributed by atoms with van der Waals surface area (Å²) in [5.41, 5.74) is 2.37. The second-order valence-corrected chi connectivity index (χ2v) is 10.3. The normalized spacial score (nSPS) is 15.0. The number of aryl methyl sites for hydroxylation is 2. The highest BCUT2D eigenvalue weighted by atomic mass is 35.5. The van der Waals surface area contributed by atoms with Gasteiger partial charge in [-0.1, -0.05) is 29.3 Å². The van der Waals surface area contributed by atoms with Crippen LogP contribution in [0.2, 0.25) is 10.0 Å². The molecule has 0 bridgehead atoms. The van der Waals surface area contributed by atoms with E-state index in [9.17, 15) is 18.4 Å². The van der Waals surface area contributed by atoms with Gasteiger partial charge in [0.2, 0.25) is 0 Å². The highest BCUT2D eigenvalue weighted by Gasteiger charge is 2.29. The zero-order valence-corrected chi connectivity index (χ0v) is 21.8. The Balaban J connectivity index is 1.62. The molecule has 10 heteroatoms. The number of hydrogen-bond donors (Lipinski definition) is 1. The number of benzene rings is 2. The molecule has 6 nitrogen and oxygen atoms in total. The molecule has 1 saturated heterocycles. The number of carbonyl (C=O) groups is 2. The molecular formula is C26H27Cl2F2N3O3. The van der Waals surface area contributed by atoms with Gasteiger partial charge in [-0.05, 0) is 55.0 Å². The second kappa shape index (κ2) is 9.98. The predicted molar refractivity (Wildman–Crippen MR) is 135 cm³/mol. The van der Waals surface area contributed by atoms with Crippen molar-refractivity contribution in [3.05, 3.63) is 62.4 Å². The first-order valence-electron chi connectivity index (χ1n) is 11.7. The fraction of sp³-hybridized carbons (Fsp3) is 0.423. The Morgan fingerprint density at radius 2 is 1.83 bits per heavy atom. The Morgan fingerprint density at radius 3 is 2.44 bits per heavy atom. The van der Waals surface area contributed by atoms with Crippen molar-refractivity contribution in [1.29, 1.82) is 0 Å². The van der Waals surface area contributed by atoms with Crippen LogP contribution >= 0.6 is 23.2 Å². The molecule has 192 valence electrons. The van der Waals surface area contributed by atoms with Crippen LogP contribution in [-0.2, 0) is 24.2 Å². The number of fused-ring (bicyclic) bond motifs is 1. The number of carboxylic acids is 1. The molecule has 0 radical (unpaired) electrons. The van der Waals surface area contributed by atoms with Crippen LogP contribution in [0.3, 0.4) is 0 Å². The van der Waals surface area contributed by atoms with E-state index in [0.29, 0.717) is 64.5 Å². The van der Waals surface area contributed by atoms with Crippen LogP contribution in [0, 0.1) is 12.8 Å². The van der Waals surface area contributed by atoms with Crippen LogP contribution in [0.25, 0.3) is 11.0 Å². The lowest BCUT2D eigenvalue weighted by Crippen LogP contribution is -2.39. The van der Waals surface area contributed by atoms with Crippen LogP contribution < -0.4 is 0 Å². The first-order valence-corrected chi connectivity index (χ1v) is 12.4. The average molecular weight is 538 g/mol. The van der Waals surface area contributed by atoms with E-state index in [0.717, 1.165) is 6.92 Å². The van der Waals surface area contributed by atoms with E-state index in [4.69, 9.17) is 28.3 Å². The molecule has 1 amide bonds. The SMILES string of the molecule is Cc1c(C(C)(F)F)ccc2c1nc(Cc1c(Cl)ccc(C(=O)N3CCC(CC(=O)O)CC3)c1Cl)n2C. The van der Waals surface area contributed by atoms with Crippen molar-refractivity contribution in [2.24, 2.45) is 13.0 Å². The Labute approximate surface area is 217 Å². The molecule has 1 N–H and O–H groups in total. The molecule has 1 fully saturated rings. The number of aliphatic carboxylic acids is 1. The lowest BCUT2D eigenvalue weighted by Gasteiger charge is -2.31. The van der Waals surface area contributed by atoms with Gasteiger partial charge < -0.3 is 14.6 Å². The number of halogens is 4. The number of likely N-dealkylation sites (tertiary alicyclic amines) is 1. The minimum absolute atomic E-state index is 0.0528. The van der Waals surface area contributed by atoms with Gasteiger partial charge in [-0.15, -0.1) is 0 Å². The molecule has 4 rings (SSSR count). The van der Waals surface area contributed by atoms with E-state index in [1.54, 1.807) is 37.1 Å². The third-order valence-electron chi connectivity index (χ3n) is 6.99. The minimum atomic E-state index is -2.99. The predicted octanol–water partition coefficient (Wildman–Crippen LogP) is 6.22. The fourth-order valence-electron chi connectivity index (χ4n) is 4.91. The van der Waals surface area contributed by atoms with Gasteiger partial charge in [-0.25, -0.2) is 13.8 Å². The Hall–Kier alpha value is -2.71. The fourth-order valence-corrected chi connectivity index (χ4v) is 5.50. The van der Waals surface area contributed by atoms with Gasteiger partial charge in [0.05, 0.1) is 21.6 Å². The van der Waals surface area contributed by atoms with Crippen molar-refractivity contribution in [2.45, 2.75) is 45.5 Å². The van der Waals surface area contributed by atoms with Crippen molar-refractivity contribution < 1.29 is 23.5 Å². The molecule has 36 heavy (non-hydrogen) atoms. The van der Waals surface area contributed by atoms with Crippen LogP contribution in [0.5, 0.6) is 0 Å².